The van der Waals surface area contributed by atoms with Gasteiger partial charge in [0.05, 0.1) is 0 Å². The van der Waals surface area contributed by atoms with Gasteiger partial charge in [0.1, 0.15) is 0 Å². The van der Waals surface area contributed by atoms with Crippen LogP contribution in [-0.2, 0) is 6.54 Å². The van der Waals surface area contributed by atoms with E-state index in [4.69, 9.17) is 0 Å². The second kappa shape index (κ2) is 7.90. The predicted octanol–water partition coefficient (Wildman–Crippen LogP) is 3.42. The van der Waals surface area contributed by atoms with E-state index in [9.17, 15) is 0 Å². The molecule has 0 saturated heterocycles. The molecule has 0 radical (unpaired) electrons. The molecule has 1 heterocycles. The van der Waals surface area contributed by atoms with E-state index in [0.717, 1.165) is 31.0 Å². The Morgan fingerprint density at radius 2 is 1.59 bits per heavy atom. The van der Waals surface area contributed by atoms with E-state index in [2.05, 4.69) is 58.7 Å². The molecule has 0 unspecified atom stereocenters. The summed E-state index contributed by atoms with van der Waals surface area (Å²) in [6.45, 7) is 11.0. The summed E-state index contributed by atoms with van der Waals surface area (Å²) in [4.78, 5) is 8.73. The van der Waals surface area contributed by atoms with Gasteiger partial charge < -0.3 is 10.6 Å². The van der Waals surface area contributed by atoms with Crippen LogP contribution in [0.25, 0.3) is 0 Å². The SMILES string of the molecule is Cc1cc(C)nc(NCCNCc2ccc(C(C)C)cc2)n1. The van der Waals surface area contributed by atoms with E-state index >= 15 is 0 Å². The average Bonchev–Trinajstić information content (AvgIpc) is 2.46. The zero-order valence-electron chi connectivity index (χ0n) is 14.0. The third-order valence-corrected chi connectivity index (χ3v) is 3.54. The van der Waals surface area contributed by atoms with Gasteiger partial charge in [-0.05, 0) is 37.0 Å². The molecule has 2 N–H and O–H groups in total. The summed E-state index contributed by atoms with van der Waals surface area (Å²) in [7, 11) is 0. The highest BCUT2D eigenvalue weighted by Gasteiger charge is 2.00. The van der Waals surface area contributed by atoms with E-state index in [1.165, 1.54) is 11.1 Å². The van der Waals surface area contributed by atoms with Crippen LogP contribution in [0, 0.1) is 13.8 Å². The van der Waals surface area contributed by atoms with Crippen molar-refractivity contribution < 1.29 is 0 Å². The van der Waals surface area contributed by atoms with Crippen molar-refractivity contribution in [1.29, 1.82) is 0 Å². The highest BCUT2D eigenvalue weighted by Crippen LogP contribution is 2.14. The number of hydrogen-bond donors (Lipinski definition) is 2. The number of benzene rings is 1. The first-order valence-electron chi connectivity index (χ1n) is 7.90. The number of nitrogens with zero attached hydrogens (tertiary/aromatic N) is 2. The summed E-state index contributed by atoms with van der Waals surface area (Å²) >= 11 is 0. The summed E-state index contributed by atoms with van der Waals surface area (Å²) < 4.78 is 0. The number of hydrogen-bond acceptors (Lipinski definition) is 4. The topological polar surface area (TPSA) is 49.8 Å². The smallest absolute Gasteiger partial charge is 0.223 e. The Balaban J connectivity index is 1.70. The van der Waals surface area contributed by atoms with Crippen molar-refractivity contribution in [2.24, 2.45) is 0 Å². The highest BCUT2D eigenvalue weighted by molar-refractivity contribution is 5.27. The molecule has 0 amide bonds. The van der Waals surface area contributed by atoms with Crippen LogP contribution in [0.1, 0.15) is 42.3 Å². The van der Waals surface area contributed by atoms with E-state index < -0.39 is 0 Å². The first-order valence-corrected chi connectivity index (χ1v) is 7.90. The van der Waals surface area contributed by atoms with E-state index in [1.807, 2.05) is 19.9 Å². The summed E-state index contributed by atoms with van der Waals surface area (Å²) in [6, 6.07) is 10.8. The maximum Gasteiger partial charge on any atom is 0.223 e. The monoisotopic (exact) mass is 298 g/mol. The van der Waals surface area contributed by atoms with Crippen LogP contribution in [0.3, 0.4) is 0 Å². The molecule has 1 aromatic carbocycles. The van der Waals surface area contributed by atoms with Crippen LogP contribution in [0.5, 0.6) is 0 Å². The number of anilines is 1. The minimum atomic E-state index is 0.587. The fourth-order valence-corrected chi connectivity index (χ4v) is 2.32. The molecule has 0 atom stereocenters. The molecular formula is C18H26N4. The van der Waals surface area contributed by atoms with Gasteiger partial charge in [-0.25, -0.2) is 9.97 Å². The summed E-state index contributed by atoms with van der Waals surface area (Å²) in [5.74, 6) is 1.30. The summed E-state index contributed by atoms with van der Waals surface area (Å²) in [6.07, 6.45) is 0. The summed E-state index contributed by atoms with van der Waals surface area (Å²) in [5, 5.41) is 6.68. The lowest BCUT2D eigenvalue weighted by Crippen LogP contribution is -2.22. The molecule has 1 aromatic heterocycles. The second-order valence-corrected chi connectivity index (χ2v) is 5.97. The fourth-order valence-electron chi connectivity index (χ4n) is 2.32. The number of rotatable bonds is 7. The lowest BCUT2D eigenvalue weighted by atomic mass is 10.0. The zero-order chi connectivity index (χ0) is 15.9. The Morgan fingerprint density at radius 3 is 2.18 bits per heavy atom. The van der Waals surface area contributed by atoms with Gasteiger partial charge >= 0.3 is 0 Å². The minimum Gasteiger partial charge on any atom is -0.353 e. The molecule has 2 aromatic rings. The van der Waals surface area contributed by atoms with Gasteiger partial charge in [0.25, 0.3) is 0 Å². The van der Waals surface area contributed by atoms with Gasteiger partial charge in [-0.15, -0.1) is 0 Å². The van der Waals surface area contributed by atoms with Crippen molar-refractivity contribution >= 4 is 5.95 Å². The van der Waals surface area contributed by atoms with Crippen molar-refractivity contribution in [3.05, 3.63) is 52.8 Å². The van der Waals surface area contributed by atoms with E-state index in [1.54, 1.807) is 0 Å². The van der Waals surface area contributed by atoms with Crippen molar-refractivity contribution in [2.75, 3.05) is 18.4 Å². The zero-order valence-corrected chi connectivity index (χ0v) is 14.0. The second-order valence-electron chi connectivity index (χ2n) is 5.97. The van der Waals surface area contributed by atoms with Gasteiger partial charge in [-0.3, -0.25) is 0 Å². The molecule has 4 heteroatoms. The maximum absolute atomic E-state index is 4.37. The standard InChI is InChI=1S/C18H26N4/c1-13(2)17-7-5-16(6-8-17)12-19-9-10-20-18-21-14(3)11-15(4)22-18/h5-8,11,13,19H,9-10,12H2,1-4H3,(H,20,21,22). The molecule has 22 heavy (non-hydrogen) atoms. The molecule has 0 saturated carbocycles. The van der Waals surface area contributed by atoms with Crippen LogP contribution in [0.2, 0.25) is 0 Å². The van der Waals surface area contributed by atoms with Crippen LogP contribution >= 0.6 is 0 Å². The minimum absolute atomic E-state index is 0.587. The van der Waals surface area contributed by atoms with Crippen molar-refractivity contribution in [1.82, 2.24) is 15.3 Å². The first-order chi connectivity index (χ1) is 10.5. The van der Waals surface area contributed by atoms with Gasteiger partial charge in [-0.1, -0.05) is 38.1 Å². The van der Waals surface area contributed by atoms with Crippen molar-refractivity contribution in [3.63, 3.8) is 0 Å². The largest absolute Gasteiger partial charge is 0.353 e. The van der Waals surface area contributed by atoms with E-state index in [0.29, 0.717) is 11.9 Å². The number of nitrogens with one attached hydrogen (secondary N) is 2. The molecule has 0 spiro atoms. The summed E-state index contributed by atoms with van der Waals surface area (Å²) in [5.41, 5.74) is 4.69. The van der Waals surface area contributed by atoms with Crippen molar-refractivity contribution in [3.8, 4) is 0 Å². The molecule has 118 valence electrons. The quantitative estimate of drug-likeness (QED) is 0.769. The molecule has 0 aliphatic heterocycles. The Morgan fingerprint density at radius 1 is 0.955 bits per heavy atom. The Hall–Kier alpha value is -1.94. The van der Waals surface area contributed by atoms with Gasteiger partial charge in [-0.2, -0.15) is 0 Å². The highest BCUT2D eigenvalue weighted by atomic mass is 15.1. The molecule has 0 aliphatic rings. The van der Waals surface area contributed by atoms with Crippen molar-refractivity contribution in [2.45, 2.75) is 40.2 Å². The van der Waals surface area contributed by atoms with Crippen LogP contribution in [0.4, 0.5) is 5.95 Å². The molecule has 4 nitrogen and oxygen atoms in total. The number of aryl methyl sites for hydroxylation is 2. The first kappa shape index (κ1) is 16.4. The molecule has 0 bridgehead atoms. The van der Waals surface area contributed by atoms with E-state index in [-0.39, 0.29) is 0 Å². The normalized spacial score (nSPS) is 11.0. The molecular weight excluding hydrogens is 272 g/mol. The Kier molecular flexibility index (Phi) is 5.90. The molecule has 2 rings (SSSR count). The third kappa shape index (κ3) is 5.11. The number of aromatic nitrogens is 2. The van der Waals surface area contributed by atoms with Crippen LogP contribution in [0.15, 0.2) is 30.3 Å². The van der Waals surface area contributed by atoms with Gasteiger partial charge in [0, 0.05) is 31.0 Å². The molecule has 0 aliphatic carbocycles. The third-order valence-electron chi connectivity index (χ3n) is 3.54. The van der Waals surface area contributed by atoms with Crippen LogP contribution in [-0.4, -0.2) is 23.1 Å². The lowest BCUT2D eigenvalue weighted by molar-refractivity contribution is 0.703. The maximum atomic E-state index is 4.37. The predicted molar refractivity (Wildman–Crippen MR) is 92.2 cm³/mol. The van der Waals surface area contributed by atoms with Gasteiger partial charge in [0.15, 0.2) is 0 Å². The Bertz CT molecular complexity index is 570. The Labute approximate surface area is 133 Å². The van der Waals surface area contributed by atoms with Gasteiger partial charge in [0.2, 0.25) is 5.95 Å². The fraction of sp³-hybridized carbons (Fsp3) is 0.444. The van der Waals surface area contributed by atoms with Crippen LogP contribution < -0.4 is 10.6 Å². The average molecular weight is 298 g/mol. The lowest BCUT2D eigenvalue weighted by Gasteiger charge is -2.09. The molecule has 0 fully saturated rings.